The molecule has 1 heterocycles. The summed E-state index contributed by atoms with van der Waals surface area (Å²) in [4.78, 5) is 101. The summed E-state index contributed by atoms with van der Waals surface area (Å²) in [6.07, 6.45) is -3.38. The van der Waals surface area contributed by atoms with Crippen LogP contribution in [0.4, 0.5) is 0 Å². The van der Waals surface area contributed by atoms with Gasteiger partial charge >= 0.3 is 0 Å². The van der Waals surface area contributed by atoms with Crippen molar-refractivity contribution in [2.45, 2.75) is 254 Å². The minimum atomic E-state index is -1.47. The highest BCUT2D eigenvalue weighted by Gasteiger charge is 2.47. The van der Waals surface area contributed by atoms with Crippen LogP contribution in [0.5, 0.6) is 0 Å². The first kappa shape index (κ1) is 88.3. The van der Waals surface area contributed by atoms with Gasteiger partial charge in [0.2, 0.25) is 47.3 Å². The molecule has 0 aromatic carbocycles. The molecule has 8 amide bonds. The molecule has 33 heteroatoms. The van der Waals surface area contributed by atoms with Gasteiger partial charge in [0.05, 0.1) is 88.3 Å². The summed E-state index contributed by atoms with van der Waals surface area (Å²) in [6, 6.07) is -2.72. The Morgan fingerprint density at radius 2 is 0.778 bits per heavy atom. The molecule has 3 rings (SSSR count). The van der Waals surface area contributed by atoms with E-state index in [1.165, 1.54) is 20.8 Å². The highest BCUT2D eigenvalue weighted by molar-refractivity contribution is 5.84. The van der Waals surface area contributed by atoms with Gasteiger partial charge in [-0.1, -0.05) is 38.5 Å². The Morgan fingerprint density at radius 3 is 1.16 bits per heavy atom. The van der Waals surface area contributed by atoms with E-state index in [4.69, 9.17) is 37.9 Å². The molecule has 17 N–H and O–H groups in total. The van der Waals surface area contributed by atoms with Crippen LogP contribution in [0.25, 0.3) is 0 Å². The number of hydrogen-bond acceptors (Lipinski definition) is 25. The number of ether oxygens (including phenoxy) is 8. The molecule has 6 unspecified atom stereocenters. The largest absolute Gasteiger partial charge is 0.396 e. The van der Waals surface area contributed by atoms with Gasteiger partial charge in [-0.05, 0) is 72.1 Å². The van der Waals surface area contributed by atoms with Crippen molar-refractivity contribution in [1.82, 2.24) is 42.5 Å². The van der Waals surface area contributed by atoms with Gasteiger partial charge < -0.3 is 126 Å². The van der Waals surface area contributed by atoms with Gasteiger partial charge in [-0.3, -0.25) is 38.4 Å². The van der Waals surface area contributed by atoms with E-state index in [0.29, 0.717) is 84.2 Å². The van der Waals surface area contributed by atoms with E-state index in [2.05, 4.69) is 42.5 Å². The lowest BCUT2D eigenvalue weighted by molar-refractivity contribution is -0.270. The zero-order valence-corrected chi connectivity index (χ0v) is 59.0. The zero-order valence-electron chi connectivity index (χ0n) is 59.0. The third-order valence-corrected chi connectivity index (χ3v) is 17.2. The maximum Gasteiger partial charge on any atom is 0.222 e. The van der Waals surface area contributed by atoms with E-state index < -0.39 is 127 Å². The SMILES string of the molecule is CC(=O)NC1[C@H](OCCCCCCNC(=O)CCOCC(COCCC(=O)NCCCCCCO[C@@H]2CC(CO)[C@H](O)[C@H](O)C2NC(C)=O)(COCCC(=O)NCCCCCCO[C@@H]2CC(CO)[C@H](O)[C@H](O)C2NC(C)=O)NC(=O)CCC(=O)NCOC(C)(C)C)OC(CO)[C@H](O)[C@@H]1O. The molecule has 0 aromatic heterocycles. The molecule has 3 aliphatic rings. The molecule has 0 aromatic rings. The van der Waals surface area contributed by atoms with Gasteiger partial charge in [0.1, 0.15) is 48.8 Å². The molecule has 2 aliphatic carbocycles. The summed E-state index contributed by atoms with van der Waals surface area (Å²) in [5.41, 5.74) is -2.00. The minimum absolute atomic E-state index is 0.0632. The van der Waals surface area contributed by atoms with Crippen molar-refractivity contribution in [3.05, 3.63) is 0 Å². The molecular formula is C66H120N8O25. The molecule has 2 saturated carbocycles. The van der Waals surface area contributed by atoms with E-state index in [9.17, 15) is 84.3 Å². The Balaban J connectivity index is 1.57. The van der Waals surface area contributed by atoms with Crippen molar-refractivity contribution in [1.29, 1.82) is 0 Å². The third-order valence-electron chi connectivity index (χ3n) is 17.2. The monoisotopic (exact) mass is 1420 g/mol. The first-order valence-electron chi connectivity index (χ1n) is 35.1. The predicted octanol–water partition coefficient (Wildman–Crippen LogP) is -3.03. The van der Waals surface area contributed by atoms with Crippen LogP contribution in [0.1, 0.15) is 164 Å². The number of carbonyl (C=O) groups is 8. The highest BCUT2D eigenvalue weighted by Crippen LogP contribution is 2.30. The average molecular weight is 1430 g/mol. The van der Waals surface area contributed by atoms with E-state index in [0.717, 1.165) is 25.7 Å². The zero-order chi connectivity index (χ0) is 73.3. The molecule has 1 saturated heterocycles. The molecule has 574 valence electrons. The molecular weight excluding hydrogens is 1300 g/mol. The second kappa shape index (κ2) is 48.9. The van der Waals surface area contributed by atoms with Gasteiger partial charge in [0, 0.05) is 117 Å². The lowest BCUT2D eigenvalue weighted by atomic mass is 9.79. The van der Waals surface area contributed by atoms with Crippen molar-refractivity contribution in [2.75, 3.05) is 106 Å². The number of nitrogens with one attached hydrogen (secondary N) is 8. The van der Waals surface area contributed by atoms with Crippen LogP contribution in [-0.2, 0) is 76.3 Å². The second-order valence-corrected chi connectivity index (χ2v) is 26.9. The van der Waals surface area contributed by atoms with Crippen LogP contribution in [0.15, 0.2) is 0 Å². The van der Waals surface area contributed by atoms with Crippen molar-refractivity contribution < 1.29 is 122 Å². The molecule has 33 nitrogen and oxygen atoms in total. The molecule has 3 fully saturated rings. The van der Waals surface area contributed by atoms with Crippen LogP contribution < -0.4 is 42.5 Å². The number of hydrogen-bond donors (Lipinski definition) is 17. The Kier molecular flexibility index (Phi) is 43.6. The summed E-state index contributed by atoms with van der Waals surface area (Å²) >= 11 is 0. The maximum absolute atomic E-state index is 13.8. The van der Waals surface area contributed by atoms with E-state index >= 15 is 0 Å². The quantitative estimate of drug-likeness (QED) is 0.0213. The van der Waals surface area contributed by atoms with Crippen LogP contribution in [0.3, 0.4) is 0 Å². The lowest BCUT2D eigenvalue weighted by Gasteiger charge is -2.42. The maximum atomic E-state index is 13.8. The summed E-state index contributed by atoms with van der Waals surface area (Å²) < 4.78 is 47.2. The van der Waals surface area contributed by atoms with E-state index in [1.54, 1.807) is 0 Å². The third kappa shape index (κ3) is 35.7. The van der Waals surface area contributed by atoms with Crippen LogP contribution in [-0.4, -0.2) is 289 Å². The second-order valence-electron chi connectivity index (χ2n) is 26.9. The predicted molar refractivity (Wildman–Crippen MR) is 355 cm³/mol. The topological polar surface area (TPSA) is 489 Å². The van der Waals surface area contributed by atoms with Gasteiger partial charge in [-0.2, -0.15) is 0 Å². The van der Waals surface area contributed by atoms with Crippen molar-refractivity contribution in [2.24, 2.45) is 11.8 Å². The number of amides is 8. The molecule has 15 atom stereocenters. The first-order valence-corrected chi connectivity index (χ1v) is 35.1. The number of rotatable bonds is 51. The van der Waals surface area contributed by atoms with Gasteiger partial charge in [-0.15, -0.1) is 0 Å². The fourth-order valence-electron chi connectivity index (χ4n) is 11.6. The average Bonchev–Trinajstić information content (AvgIpc) is 0.825. The highest BCUT2D eigenvalue weighted by atomic mass is 16.7. The van der Waals surface area contributed by atoms with Crippen molar-refractivity contribution >= 4 is 47.3 Å². The first-order chi connectivity index (χ1) is 47.1. The van der Waals surface area contributed by atoms with Crippen LogP contribution >= 0.6 is 0 Å². The van der Waals surface area contributed by atoms with Gasteiger partial charge in [0.25, 0.3) is 0 Å². The molecule has 99 heavy (non-hydrogen) atoms. The van der Waals surface area contributed by atoms with Crippen molar-refractivity contribution in [3.63, 3.8) is 0 Å². The Morgan fingerprint density at radius 1 is 0.414 bits per heavy atom. The summed E-state index contributed by atoms with van der Waals surface area (Å²) in [7, 11) is 0. The van der Waals surface area contributed by atoms with E-state index in [1.807, 2.05) is 20.8 Å². The molecule has 0 spiro atoms. The Hall–Kier alpha value is -4.92. The number of aliphatic hydroxyl groups excluding tert-OH is 9. The van der Waals surface area contributed by atoms with E-state index in [-0.39, 0.29) is 141 Å². The van der Waals surface area contributed by atoms with Crippen LogP contribution in [0.2, 0.25) is 0 Å². The normalized spacial score (nSPS) is 26.1. The van der Waals surface area contributed by atoms with Gasteiger partial charge in [0.15, 0.2) is 6.29 Å². The Labute approximate surface area is 581 Å². The fourth-order valence-corrected chi connectivity index (χ4v) is 11.6. The molecule has 1 aliphatic heterocycles. The minimum Gasteiger partial charge on any atom is -0.396 e. The Bertz CT molecular complexity index is 2140. The fraction of sp³-hybridized carbons (Fsp3) is 0.879. The van der Waals surface area contributed by atoms with Gasteiger partial charge in [-0.25, -0.2) is 0 Å². The smallest absolute Gasteiger partial charge is 0.222 e. The van der Waals surface area contributed by atoms with Crippen molar-refractivity contribution in [3.8, 4) is 0 Å². The number of aliphatic hydroxyl groups is 9. The summed E-state index contributed by atoms with van der Waals surface area (Å²) in [5.74, 6) is -4.40. The lowest BCUT2D eigenvalue weighted by Crippen LogP contribution is -2.64. The van der Waals surface area contributed by atoms with Crippen LogP contribution in [0, 0.1) is 11.8 Å². The number of carbonyl (C=O) groups excluding carboxylic acids is 8. The molecule has 0 bridgehead atoms. The summed E-state index contributed by atoms with van der Waals surface area (Å²) in [5, 5.41) is 114. The summed E-state index contributed by atoms with van der Waals surface area (Å²) in [6.45, 7) is 8.78. The molecule has 0 radical (unpaired) electrons. The standard InChI is InChI=1S/C66H120N8O25/c1-42(78)71-55-47(33-45(35-75)58(86)61(55)89)95-27-16-10-7-13-24-67-51(82)21-30-92-38-66(74-54(85)20-19-50(81)70-41-98-65(4,5)6,39-93-31-22-52(83)68-25-14-8-11-17-28-96-48-34-46(36-76)59(87)62(90)56(48)72-43(2)79)40-94-32-23-53(84)69-26-15-9-12-18-29-97-64-57(73-44(3)80)63(91)60(88)49(37-77)99-64/h45-49,55-64,75-77,86-91H,7-41H2,1-6H3,(H,67,82)(H,68,83)(H,69,84)(H,70,81)(H,71,78)(H,72,79)(H,73,80)(H,74,85)/t45?,46?,47-,48-,49?,55?,56?,57?,58+,59+,60+,61-,62-,63-,64-,66?/m1/s1. The number of unbranched alkanes of at least 4 members (excludes halogenated alkanes) is 9.